The Bertz CT molecular complexity index is 642. The molecule has 1 saturated carbocycles. The van der Waals surface area contributed by atoms with Crippen LogP contribution in [0.2, 0.25) is 10.0 Å². The summed E-state index contributed by atoms with van der Waals surface area (Å²) in [4.78, 5) is 26.9. The molecule has 2 N–H and O–H groups in total. The molecule has 1 aliphatic carbocycles. The molecular formula is C19H25Cl2N3O2. The van der Waals surface area contributed by atoms with E-state index in [0.29, 0.717) is 34.7 Å². The lowest BCUT2D eigenvalue weighted by molar-refractivity contribution is -0.124. The fraction of sp³-hybridized carbons (Fsp3) is 0.579. The van der Waals surface area contributed by atoms with Gasteiger partial charge in [0.25, 0.3) is 0 Å². The van der Waals surface area contributed by atoms with Gasteiger partial charge in [0.05, 0.1) is 6.04 Å². The summed E-state index contributed by atoms with van der Waals surface area (Å²) >= 11 is 12.0. The number of carbonyl (C=O) groups is 2. The minimum atomic E-state index is -0.216. The van der Waals surface area contributed by atoms with E-state index >= 15 is 0 Å². The van der Waals surface area contributed by atoms with E-state index in [0.717, 1.165) is 32.2 Å². The highest BCUT2D eigenvalue weighted by Gasteiger charge is 2.31. The summed E-state index contributed by atoms with van der Waals surface area (Å²) in [5.74, 6) is 0.0154. The summed E-state index contributed by atoms with van der Waals surface area (Å²) in [5, 5.41) is 6.97. The lowest BCUT2D eigenvalue weighted by atomic mass is 10.2. The van der Waals surface area contributed by atoms with E-state index in [9.17, 15) is 9.59 Å². The second-order valence-corrected chi connectivity index (χ2v) is 8.01. The molecule has 1 aliphatic heterocycles. The first-order valence-electron chi connectivity index (χ1n) is 9.31. The van der Waals surface area contributed by atoms with Crippen LogP contribution in [0.5, 0.6) is 0 Å². The van der Waals surface area contributed by atoms with Crippen LogP contribution in [0.4, 0.5) is 5.69 Å². The maximum absolute atomic E-state index is 12.6. The zero-order valence-corrected chi connectivity index (χ0v) is 16.3. The maximum atomic E-state index is 12.6. The molecule has 1 unspecified atom stereocenters. The third kappa shape index (κ3) is 5.35. The molecule has 1 saturated heterocycles. The van der Waals surface area contributed by atoms with Crippen LogP contribution >= 0.6 is 23.2 Å². The number of amides is 2. The molecular weight excluding hydrogens is 373 g/mol. The Hall–Kier alpha value is -1.30. The molecule has 142 valence electrons. The molecule has 2 amide bonds. The van der Waals surface area contributed by atoms with Crippen LogP contribution in [0.3, 0.4) is 0 Å². The number of nitrogens with zero attached hydrogens (tertiary/aromatic N) is 1. The Labute approximate surface area is 164 Å². The second kappa shape index (κ2) is 9.07. The predicted molar refractivity (Wildman–Crippen MR) is 105 cm³/mol. The molecule has 3 rings (SSSR count). The summed E-state index contributed by atoms with van der Waals surface area (Å²) in [6, 6.07) is 5.11. The van der Waals surface area contributed by atoms with Gasteiger partial charge in [0.1, 0.15) is 0 Å². The summed E-state index contributed by atoms with van der Waals surface area (Å²) in [7, 11) is 0. The predicted octanol–water partition coefficient (Wildman–Crippen LogP) is 3.85. The zero-order valence-electron chi connectivity index (χ0n) is 14.8. The van der Waals surface area contributed by atoms with Crippen molar-refractivity contribution in [2.24, 2.45) is 0 Å². The molecule has 0 aromatic heterocycles. The highest BCUT2D eigenvalue weighted by Crippen LogP contribution is 2.24. The van der Waals surface area contributed by atoms with E-state index in [-0.39, 0.29) is 17.9 Å². The van der Waals surface area contributed by atoms with Crippen molar-refractivity contribution < 1.29 is 9.59 Å². The normalized spacial score (nSPS) is 21.1. The van der Waals surface area contributed by atoms with E-state index in [1.54, 1.807) is 18.2 Å². The minimum absolute atomic E-state index is 0.0722. The van der Waals surface area contributed by atoms with Crippen LogP contribution in [-0.2, 0) is 9.59 Å². The van der Waals surface area contributed by atoms with Gasteiger partial charge in [-0.15, -0.1) is 0 Å². The number of likely N-dealkylation sites (tertiary alicyclic amines) is 1. The molecule has 7 heteroatoms. The molecule has 26 heavy (non-hydrogen) atoms. The van der Waals surface area contributed by atoms with Crippen molar-refractivity contribution in [3.05, 3.63) is 28.2 Å². The third-order valence-corrected chi connectivity index (χ3v) is 5.58. The number of carbonyl (C=O) groups excluding carboxylic acids is 2. The van der Waals surface area contributed by atoms with Gasteiger partial charge in [0.15, 0.2) is 0 Å². The molecule has 5 nitrogen and oxygen atoms in total. The molecule has 1 aromatic carbocycles. The summed E-state index contributed by atoms with van der Waals surface area (Å²) < 4.78 is 0. The van der Waals surface area contributed by atoms with Crippen molar-refractivity contribution in [3.8, 4) is 0 Å². The van der Waals surface area contributed by atoms with E-state index in [4.69, 9.17) is 23.2 Å². The highest BCUT2D eigenvalue weighted by molar-refractivity contribution is 6.35. The van der Waals surface area contributed by atoms with E-state index in [1.165, 1.54) is 12.8 Å². The number of nitrogens with one attached hydrogen (secondary N) is 2. The molecule has 2 fully saturated rings. The number of rotatable bonds is 6. The van der Waals surface area contributed by atoms with Gasteiger partial charge in [-0.2, -0.15) is 0 Å². The van der Waals surface area contributed by atoms with Crippen LogP contribution in [0.15, 0.2) is 18.2 Å². The molecule has 1 atom stereocenters. The van der Waals surface area contributed by atoms with Crippen molar-refractivity contribution in [1.82, 2.24) is 10.2 Å². The van der Waals surface area contributed by atoms with Gasteiger partial charge >= 0.3 is 0 Å². The fourth-order valence-corrected chi connectivity index (χ4v) is 4.38. The second-order valence-electron chi connectivity index (χ2n) is 7.14. The number of anilines is 1. The minimum Gasteiger partial charge on any atom is -0.353 e. The monoisotopic (exact) mass is 397 g/mol. The summed E-state index contributed by atoms with van der Waals surface area (Å²) in [6.45, 7) is 1.44. The Morgan fingerprint density at radius 3 is 2.42 bits per heavy atom. The van der Waals surface area contributed by atoms with Gasteiger partial charge in [-0.25, -0.2) is 0 Å². The van der Waals surface area contributed by atoms with Crippen molar-refractivity contribution in [2.75, 3.05) is 18.4 Å². The lowest BCUT2D eigenvalue weighted by Crippen LogP contribution is -2.42. The van der Waals surface area contributed by atoms with E-state index < -0.39 is 0 Å². The zero-order chi connectivity index (χ0) is 18.5. The SMILES string of the molecule is O=C(CCN1CCCC1C(=O)Nc1cc(Cl)cc(Cl)c1)NC1CCCC1. The van der Waals surface area contributed by atoms with Crippen LogP contribution in [0.25, 0.3) is 0 Å². The lowest BCUT2D eigenvalue weighted by Gasteiger charge is -2.24. The van der Waals surface area contributed by atoms with Crippen molar-refractivity contribution >= 4 is 40.7 Å². The van der Waals surface area contributed by atoms with E-state index in [1.807, 2.05) is 0 Å². The third-order valence-electron chi connectivity index (χ3n) is 5.14. The smallest absolute Gasteiger partial charge is 0.241 e. The Morgan fingerprint density at radius 1 is 1.04 bits per heavy atom. The largest absolute Gasteiger partial charge is 0.353 e. The van der Waals surface area contributed by atoms with E-state index in [2.05, 4.69) is 15.5 Å². The van der Waals surface area contributed by atoms with Crippen LogP contribution in [-0.4, -0.2) is 41.9 Å². The molecule has 0 radical (unpaired) electrons. The van der Waals surface area contributed by atoms with Gasteiger partial charge in [-0.3, -0.25) is 14.5 Å². The van der Waals surface area contributed by atoms with Crippen molar-refractivity contribution in [3.63, 3.8) is 0 Å². The summed E-state index contributed by atoms with van der Waals surface area (Å²) in [6.07, 6.45) is 6.76. The van der Waals surface area contributed by atoms with Crippen LogP contribution in [0, 0.1) is 0 Å². The van der Waals surface area contributed by atoms with Gasteiger partial charge in [0.2, 0.25) is 11.8 Å². The van der Waals surface area contributed by atoms with Crippen molar-refractivity contribution in [1.29, 1.82) is 0 Å². The van der Waals surface area contributed by atoms with Gasteiger partial charge < -0.3 is 10.6 Å². The number of halogens is 2. The first kappa shape index (κ1) is 19.5. The van der Waals surface area contributed by atoms with Crippen molar-refractivity contribution in [2.45, 2.75) is 57.0 Å². The number of benzene rings is 1. The standard InChI is InChI=1S/C19H25Cl2N3O2/c20-13-10-14(21)12-16(11-13)23-19(26)17-6-3-8-24(17)9-7-18(25)22-15-4-1-2-5-15/h10-12,15,17H,1-9H2,(H,22,25)(H,23,26). The Balaban J connectivity index is 1.50. The van der Waals surface area contributed by atoms with Crippen LogP contribution < -0.4 is 10.6 Å². The first-order valence-corrected chi connectivity index (χ1v) is 10.1. The van der Waals surface area contributed by atoms with Gasteiger partial charge in [-0.1, -0.05) is 36.0 Å². The molecule has 0 spiro atoms. The number of hydrogen-bond acceptors (Lipinski definition) is 3. The molecule has 0 bridgehead atoms. The summed E-state index contributed by atoms with van der Waals surface area (Å²) in [5.41, 5.74) is 0.596. The number of hydrogen-bond donors (Lipinski definition) is 2. The van der Waals surface area contributed by atoms with Gasteiger partial charge in [0, 0.05) is 34.7 Å². The topological polar surface area (TPSA) is 61.4 Å². The highest BCUT2D eigenvalue weighted by atomic mass is 35.5. The maximum Gasteiger partial charge on any atom is 0.241 e. The molecule has 1 heterocycles. The Morgan fingerprint density at radius 2 is 1.73 bits per heavy atom. The Kier molecular flexibility index (Phi) is 6.79. The average molecular weight is 398 g/mol. The van der Waals surface area contributed by atoms with Crippen LogP contribution in [0.1, 0.15) is 44.9 Å². The quantitative estimate of drug-likeness (QED) is 0.766. The fourth-order valence-electron chi connectivity index (χ4n) is 3.86. The molecule has 1 aromatic rings. The molecule has 2 aliphatic rings. The first-order chi connectivity index (χ1) is 12.5. The van der Waals surface area contributed by atoms with Gasteiger partial charge in [-0.05, 0) is 50.4 Å². The average Bonchev–Trinajstić information content (AvgIpc) is 3.23.